The quantitative estimate of drug-likeness (QED) is 0.781. The van der Waals surface area contributed by atoms with Gasteiger partial charge in [0.25, 0.3) is 0 Å². The van der Waals surface area contributed by atoms with Crippen LogP contribution in [0.1, 0.15) is 40.0 Å². The standard InChI is InChI=1S/C12H23NO2/c1-12(2,3)8-10-9(7-11(14)15)5-6-13(10)4/h9-10H,5-8H2,1-4H3,(H,14,15)/t9-,10-/m0/s1. The van der Waals surface area contributed by atoms with Crippen LogP contribution in [0.3, 0.4) is 0 Å². The third-order valence-electron chi connectivity index (χ3n) is 3.22. The van der Waals surface area contributed by atoms with Crippen molar-refractivity contribution in [3.63, 3.8) is 0 Å². The van der Waals surface area contributed by atoms with Crippen molar-refractivity contribution < 1.29 is 9.90 Å². The molecule has 1 fully saturated rings. The minimum absolute atomic E-state index is 0.278. The maximum atomic E-state index is 10.8. The zero-order valence-electron chi connectivity index (χ0n) is 10.3. The van der Waals surface area contributed by atoms with Crippen molar-refractivity contribution >= 4 is 5.97 Å². The highest BCUT2D eigenvalue weighted by Crippen LogP contribution is 2.34. The summed E-state index contributed by atoms with van der Waals surface area (Å²) in [5, 5.41) is 8.86. The van der Waals surface area contributed by atoms with Crippen LogP contribution in [0.4, 0.5) is 0 Å². The zero-order valence-corrected chi connectivity index (χ0v) is 10.3. The molecule has 0 aromatic heterocycles. The van der Waals surface area contributed by atoms with Crippen LogP contribution in [0.15, 0.2) is 0 Å². The van der Waals surface area contributed by atoms with E-state index in [0.29, 0.717) is 18.4 Å². The van der Waals surface area contributed by atoms with E-state index < -0.39 is 5.97 Å². The molecule has 1 rings (SSSR count). The molecule has 0 aliphatic carbocycles. The number of carboxylic acids is 1. The normalized spacial score (nSPS) is 28.3. The van der Waals surface area contributed by atoms with Crippen molar-refractivity contribution in [1.82, 2.24) is 4.90 Å². The average Bonchev–Trinajstić information content (AvgIpc) is 2.32. The van der Waals surface area contributed by atoms with Crippen molar-refractivity contribution in [3.05, 3.63) is 0 Å². The van der Waals surface area contributed by atoms with E-state index in [1.165, 1.54) is 0 Å². The van der Waals surface area contributed by atoms with Gasteiger partial charge in [-0.2, -0.15) is 0 Å². The zero-order chi connectivity index (χ0) is 11.6. The fourth-order valence-electron chi connectivity index (χ4n) is 2.50. The lowest BCUT2D eigenvalue weighted by Gasteiger charge is -2.31. The predicted molar refractivity (Wildman–Crippen MR) is 60.8 cm³/mol. The molecule has 1 heterocycles. The van der Waals surface area contributed by atoms with Gasteiger partial charge in [0.15, 0.2) is 0 Å². The highest BCUT2D eigenvalue weighted by atomic mass is 16.4. The SMILES string of the molecule is CN1CC[C@@H](CC(=O)O)[C@@H]1CC(C)(C)C. The van der Waals surface area contributed by atoms with E-state index in [-0.39, 0.29) is 5.41 Å². The van der Waals surface area contributed by atoms with Crippen LogP contribution in [0.25, 0.3) is 0 Å². The number of likely N-dealkylation sites (tertiary alicyclic amines) is 1. The predicted octanol–water partition coefficient (Wildman–Crippen LogP) is 2.22. The maximum Gasteiger partial charge on any atom is 0.303 e. The molecule has 88 valence electrons. The van der Waals surface area contributed by atoms with Gasteiger partial charge in [0.1, 0.15) is 0 Å². The molecule has 0 unspecified atom stereocenters. The smallest absolute Gasteiger partial charge is 0.303 e. The molecule has 2 atom stereocenters. The van der Waals surface area contributed by atoms with Crippen molar-refractivity contribution in [2.75, 3.05) is 13.6 Å². The molecule has 0 spiro atoms. The van der Waals surface area contributed by atoms with Gasteiger partial charge in [-0.25, -0.2) is 0 Å². The minimum atomic E-state index is -0.658. The third kappa shape index (κ3) is 3.82. The Bertz CT molecular complexity index is 232. The second-order valence-electron chi connectivity index (χ2n) is 5.96. The summed E-state index contributed by atoms with van der Waals surface area (Å²) in [7, 11) is 2.11. The Morgan fingerprint density at radius 1 is 1.47 bits per heavy atom. The van der Waals surface area contributed by atoms with Crippen LogP contribution < -0.4 is 0 Å². The van der Waals surface area contributed by atoms with Gasteiger partial charge < -0.3 is 10.0 Å². The first-order chi connectivity index (χ1) is 6.79. The van der Waals surface area contributed by atoms with Gasteiger partial charge in [-0.1, -0.05) is 20.8 Å². The Balaban J connectivity index is 2.60. The van der Waals surface area contributed by atoms with Gasteiger partial charge in [-0.15, -0.1) is 0 Å². The Hall–Kier alpha value is -0.570. The minimum Gasteiger partial charge on any atom is -0.481 e. The molecule has 1 aliphatic heterocycles. The number of carbonyl (C=O) groups is 1. The van der Waals surface area contributed by atoms with Crippen LogP contribution in [0, 0.1) is 11.3 Å². The molecule has 0 saturated carbocycles. The first kappa shape index (κ1) is 12.5. The second-order valence-corrected chi connectivity index (χ2v) is 5.96. The number of carboxylic acid groups (broad SMARTS) is 1. The summed E-state index contributed by atoms with van der Waals surface area (Å²) < 4.78 is 0. The van der Waals surface area contributed by atoms with Crippen LogP contribution in [-0.4, -0.2) is 35.6 Å². The molecular weight excluding hydrogens is 190 g/mol. The summed E-state index contributed by atoms with van der Waals surface area (Å²) in [4.78, 5) is 13.1. The number of hydrogen-bond acceptors (Lipinski definition) is 2. The van der Waals surface area contributed by atoms with Gasteiger partial charge in [-0.05, 0) is 37.8 Å². The number of nitrogens with zero attached hydrogens (tertiary/aromatic N) is 1. The monoisotopic (exact) mass is 213 g/mol. The molecule has 15 heavy (non-hydrogen) atoms. The van der Waals surface area contributed by atoms with Gasteiger partial charge in [-0.3, -0.25) is 4.79 Å². The van der Waals surface area contributed by atoms with Crippen molar-refractivity contribution in [2.24, 2.45) is 11.3 Å². The highest BCUT2D eigenvalue weighted by molar-refractivity contribution is 5.67. The second kappa shape index (κ2) is 4.52. The van der Waals surface area contributed by atoms with Crippen molar-refractivity contribution in [1.29, 1.82) is 0 Å². The van der Waals surface area contributed by atoms with E-state index in [0.717, 1.165) is 19.4 Å². The van der Waals surface area contributed by atoms with Crippen molar-refractivity contribution in [3.8, 4) is 0 Å². The molecule has 0 amide bonds. The lowest BCUT2D eigenvalue weighted by atomic mass is 9.82. The molecule has 3 heteroatoms. The van der Waals surface area contributed by atoms with Gasteiger partial charge >= 0.3 is 5.97 Å². The molecule has 0 aromatic carbocycles. The highest BCUT2D eigenvalue weighted by Gasteiger charge is 2.35. The van der Waals surface area contributed by atoms with Crippen LogP contribution >= 0.6 is 0 Å². The Kier molecular flexibility index (Phi) is 3.77. The molecule has 1 aliphatic rings. The van der Waals surface area contributed by atoms with E-state index in [1.54, 1.807) is 0 Å². The molecule has 3 nitrogen and oxygen atoms in total. The molecule has 0 radical (unpaired) electrons. The third-order valence-corrected chi connectivity index (χ3v) is 3.22. The first-order valence-electron chi connectivity index (χ1n) is 5.71. The average molecular weight is 213 g/mol. The van der Waals surface area contributed by atoms with Gasteiger partial charge in [0.05, 0.1) is 0 Å². The van der Waals surface area contributed by atoms with E-state index in [9.17, 15) is 4.79 Å². The Morgan fingerprint density at radius 3 is 2.53 bits per heavy atom. The fourth-order valence-corrected chi connectivity index (χ4v) is 2.50. The topological polar surface area (TPSA) is 40.5 Å². The van der Waals surface area contributed by atoms with Gasteiger partial charge in [0.2, 0.25) is 0 Å². The van der Waals surface area contributed by atoms with Crippen LogP contribution in [0.5, 0.6) is 0 Å². The summed E-state index contributed by atoms with van der Waals surface area (Å²) in [6, 6.07) is 0.445. The molecule has 0 aromatic rings. The number of aliphatic carboxylic acids is 1. The van der Waals surface area contributed by atoms with Crippen molar-refractivity contribution in [2.45, 2.75) is 46.1 Å². The van der Waals surface area contributed by atoms with Crippen LogP contribution in [0.2, 0.25) is 0 Å². The van der Waals surface area contributed by atoms with E-state index >= 15 is 0 Å². The molecule has 1 N–H and O–H groups in total. The fraction of sp³-hybridized carbons (Fsp3) is 0.917. The lowest BCUT2D eigenvalue weighted by Crippen LogP contribution is -2.34. The summed E-state index contributed by atoms with van der Waals surface area (Å²) in [5.41, 5.74) is 0.278. The summed E-state index contributed by atoms with van der Waals surface area (Å²) >= 11 is 0. The van der Waals surface area contributed by atoms with E-state index in [1.807, 2.05) is 0 Å². The van der Waals surface area contributed by atoms with E-state index in [2.05, 4.69) is 32.7 Å². The maximum absolute atomic E-state index is 10.8. The van der Waals surface area contributed by atoms with Gasteiger partial charge in [0, 0.05) is 12.5 Å². The summed E-state index contributed by atoms with van der Waals surface area (Å²) in [6.07, 6.45) is 2.44. The Labute approximate surface area is 92.5 Å². The van der Waals surface area contributed by atoms with E-state index in [4.69, 9.17) is 5.11 Å². The number of rotatable bonds is 3. The molecular formula is C12H23NO2. The van der Waals surface area contributed by atoms with Crippen LogP contribution in [-0.2, 0) is 4.79 Å². The number of hydrogen-bond donors (Lipinski definition) is 1. The summed E-state index contributed by atoms with van der Waals surface area (Å²) in [6.45, 7) is 7.70. The first-order valence-corrected chi connectivity index (χ1v) is 5.71. The summed E-state index contributed by atoms with van der Waals surface area (Å²) in [5.74, 6) is -0.319. The Morgan fingerprint density at radius 2 is 2.07 bits per heavy atom. The molecule has 1 saturated heterocycles. The molecule has 0 bridgehead atoms. The largest absolute Gasteiger partial charge is 0.481 e. The lowest BCUT2D eigenvalue weighted by molar-refractivity contribution is -0.138.